The van der Waals surface area contributed by atoms with Gasteiger partial charge < -0.3 is 20.1 Å². The van der Waals surface area contributed by atoms with Crippen LogP contribution in [0.3, 0.4) is 0 Å². The average molecular weight is 426 g/mol. The highest BCUT2D eigenvalue weighted by atomic mass is 35.5. The Morgan fingerprint density at radius 2 is 2.07 bits per heavy atom. The number of likely N-dealkylation sites (N-methyl/N-ethyl adjacent to an activating group) is 1. The quantitative estimate of drug-likeness (QED) is 0.630. The molecule has 2 N–H and O–H groups in total. The van der Waals surface area contributed by atoms with Crippen molar-refractivity contribution in [1.82, 2.24) is 19.8 Å². The summed E-state index contributed by atoms with van der Waals surface area (Å²) in [5.41, 5.74) is 3.93. The van der Waals surface area contributed by atoms with E-state index in [1.807, 2.05) is 25.2 Å². The zero-order valence-corrected chi connectivity index (χ0v) is 17.7. The lowest BCUT2D eigenvalue weighted by atomic mass is 10.1. The first-order valence-electron chi connectivity index (χ1n) is 9.47. The van der Waals surface area contributed by atoms with Gasteiger partial charge in [0.05, 0.1) is 13.1 Å². The predicted octanol–water partition coefficient (Wildman–Crippen LogP) is 2.71. The van der Waals surface area contributed by atoms with Crippen LogP contribution in [0.4, 0.5) is 5.82 Å². The Hall–Kier alpha value is -3.16. The smallest absolute Gasteiger partial charge is 0.246 e. The third-order valence-corrected chi connectivity index (χ3v) is 5.09. The number of aromatic nitrogens is 2. The normalized spacial score (nSPS) is 13.5. The number of pyridine rings is 1. The number of fused-ring (bicyclic) bond motifs is 2. The minimum absolute atomic E-state index is 0. The Labute approximate surface area is 181 Å². The van der Waals surface area contributed by atoms with E-state index in [0.717, 1.165) is 27.7 Å². The van der Waals surface area contributed by atoms with Gasteiger partial charge in [0.25, 0.3) is 0 Å². The minimum atomic E-state index is -0.107. The van der Waals surface area contributed by atoms with Gasteiger partial charge in [0.15, 0.2) is 0 Å². The van der Waals surface area contributed by atoms with Crippen LogP contribution in [0.25, 0.3) is 17.0 Å². The number of nitrogens with one attached hydrogen (secondary N) is 2. The van der Waals surface area contributed by atoms with Crippen molar-refractivity contribution in [2.75, 3.05) is 18.9 Å². The zero-order chi connectivity index (χ0) is 20.4. The molecule has 0 aliphatic carbocycles. The maximum absolute atomic E-state index is 12.6. The van der Waals surface area contributed by atoms with Crippen molar-refractivity contribution in [3.63, 3.8) is 0 Å². The second-order valence-electron chi connectivity index (χ2n) is 7.21. The summed E-state index contributed by atoms with van der Waals surface area (Å²) in [6.07, 6.45) is 4.95. The van der Waals surface area contributed by atoms with E-state index in [9.17, 15) is 9.59 Å². The molecular weight excluding hydrogens is 402 g/mol. The Bertz CT molecular complexity index is 1120. The molecular formula is C22H24ClN5O2. The molecule has 0 saturated carbocycles. The number of para-hydroxylation sites is 1. The zero-order valence-electron chi connectivity index (χ0n) is 16.9. The summed E-state index contributed by atoms with van der Waals surface area (Å²) in [4.78, 5) is 30.1. The fourth-order valence-electron chi connectivity index (χ4n) is 3.47. The number of carbonyl (C=O) groups is 2. The van der Waals surface area contributed by atoms with E-state index < -0.39 is 0 Å². The molecule has 2 aromatic heterocycles. The molecule has 30 heavy (non-hydrogen) atoms. The molecule has 0 fully saturated rings. The van der Waals surface area contributed by atoms with Crippen molar-refractivity contribution < 1.29 is 9.59 Å². The summed E-state index contributed by atoms with van der Waals surface area (Å²) in [6.45, 7) is 1.34. The SMILES string of the molecule is CN(Cc1cc2ccccc2n1C)C(=O)C=Cc1cnc2c(c1)CNCC(=O)N2.Cl. The number of carbonyl (C=O) groups excluding carboxylic acids is 2. The molecule has 3 heterocycles. The molecule has 1 aromatic carbocycles. The van der Waals surface area contributed by atoms with Crippen molar-refractivity contribution in [3.8, 4) is 0 Å². The molecule has 0 saturated heterocycles. The molecule has 156 valence electrons. The average Bonchev–Trinajstić information content (AvgIpc) is 2.90. The number of amides is 2. The molecule has 8 heteroatoms. The highest BCUT2D eigenvalue weighted by Gasteiger charge is 2.14. The van der Waals surface area contributed by atoms with Crippen LogP contribution in [0.2, 0.25) is 0 Å². The van der Waals surface area contributed by atoms with Crippen molar-refractivity contribution in [1.29, 1.82) is 0 Å². The highest BCUT2D eigenvalue weighted by Crippen LogP contribution is 2.20. The topological polar surface area (TPSA) is 79.3 Å². The molecule has 7 nitrogen and oxygen atoms in total. The molecule has 1 aliphatic rings. The van der Waals surface area contributed by atoms with E-state index in [4.69, 9.17) is 0 Å². The predicted molar refractivity (Wildman–Crippen MR) is 120 cm³/mol. The fraction of sp³-hybridized carbons (Fsp3) is 0.227. The number of benzene rings is 1. The van der Waals surface area contributed by atoms with Gasteiger partial charge in [-0.3, -0.25) is 9.59 Å². The monoisotopic (exact) mass is 425 g/mol. The number of hydrogen-bond acceptors (Lipinski definition) is 4. The van der Waals surface area contributed by atoms with Crippen LogP contribution in [-0.2, 0) is 29.7 Å². The van der Waals surface area contributed by atoms with E-state index in [0.29, 0.717) is 18.9 Å². The Morgan fingerprint density at radius 1 is 1.27 bits per heavy atom. The van der Waals surface area contributed by atoms with Crippen molar-refractivity contribution in [2.45, 2.75) is 13.1 Å². The van der Waals surface area contributed by atoms with Gasteiger partial charge in [-0.05, 0) is 35.2 Å². The van der Waals surface area contributed by atoms with Crippen LogP contribution in [-0.4, -0.2) is 39.9 Å². The Morgan fingerprint density at radius 3 is 2.87 bits per heavy atom. The van der Waals surface area contributed by atoms with Gasteiger partial charge in [0.1, 0.15) is 5.82 Å². The van der Waals surface area contributed by atoms with Gasteiger partial charge in [-0.15, -0.1) is 12.4 Å². The molecule has 2 amide bonds. The van der Waals surface area contributed by atoms with E-state index >= 15 is 0 Å². The number of halogens is 1. The third-order valence-electron chi connectivity index (χ3n) is 5.09. The fourth-order valence-corrected chi connectivity index (χ4v) is 3.47. The summed E-state index contributed by atoms with van der Waals surface area (Å²) < 4.78 is 2.11. The van der Waals surface area contributed by atoms with Gasteiger partial charge in [-0.1, -0.05) is 18.2 Å². The van der Waals surface area contributed by atoms with E-state index in [2.05, 4.69) is 38.4 Å². The van der Waals surface area contributed by atoms with Crippen LogP contribution in [0.5, 0.6) is 0 Å². The third kappa shape index (κ3) is 4.53. The van der Waals surface area contributed by atoms with E-state index in [1.54, 1.807) is 30.3 Å². The van der Waals surface area contributed by atoms with Crippen molar-refractivity contribution in [3.05, 3.63) is 65.5 Å². The molecule has 0 spiro atoms. The van der Waals surface area contributed by atoms with Crippen LogP contribution in [0.15, 0.2) is 48.7 Å². The van der Waals surface area contributed by atoms with E-state index in [1.165, 1.54) is 0 Å². The first-order valence-corrected chi connectivity index (χ1v) is 9.47. The number of nitrogens with zero attached hydrogens (tertiary/aromatic N) is 3. The lowest BCUT2D eigenvalue weighted by Gasteiger charge is -2.16. The van der Waals surface area contributed by atoms with Crippen LogP contribution >= 0.6 is 12.4 Å². The lowest BCUT2D eigenvalue weighted by Crippen LogP contribution is -2.25. The maximum atomic E-state index is 12.6. The maximum Gasteiger partial charge on any atom is 0.246 e. The van der Waals surface area contributed by atoms with Gasteiger partial charge in [-0.25, -0.2) is 4.98 Å². The number of aryl methyl sites for hydroxylation is 1. The standard InChI is InChI=1S/C22H23N5O2.ClH/c1-26(14-18-10-16-5-3-4-6-19(16)27(18)2)21(29)8-7-15-9-17-12-23-13-20(28)25-22(17)24-11-15;/h3-11,23H,12-14H2,1-2H3,(H,24,25,28);1H. The highest BCUT2D eigenvalue weighted by molar-refractivity contribution is 5.93. The second-order valence-corrected chi connectivity index (χ2v) is 7.21. The molecule has 0 unspecified atom stereocenters. The van der Waals surface area contributed by atoms with Crippen LogP contribution in [0, 0.1) is 0 Å². The molecule has 0 bridgehead atoms. The van der Waals surface area contributed by atoms with E-state index in [-0.39, 0.29) is 30.8 Å². The molecule has 0 radical (unpaired) electrons. The minimum Gasteiger partial charge on any atom is -0.346 e. The molecule has 4 rings (SSSR count). The molecule has 1 aliphatic heterocycles. The van der Waals surface area contributed by atoms with Crippen molar-refractivity contribution in [2.24, 2.45) is 7.05 Å². The van der Waals surface area contributed by atoms with Crippen LogP contribution < -0.4 is 10.6 Å². The summed E-state index contributed by atoms with van der Waals surface area (Å²) in [6, 6.07) is 12.2. The van der Waals surface area contributed by atoms with Crippen LogP contribution in [0.1, 0.15) is 16.8 Å². The Kier molecular flexibility index (Phi) is 6.54. The number of anilines is 1. The summed E-state index contributed by atoms with van der Waals surface area (Å²) >= 11 is 0. The van der Waals surface area contributed by atoms with Gasteiger partial charge >= 0.3 is 0 Å². The first-order chi connectivity index (χ1) is 14.0. The molecule has 3 aromatic rings. The summed E-state index contributed by atoms with van der Waals surface area (Å²) in [7, 11) is 3.80. The Balaban J connectivity index is 0.00000256. The van der Waals surface area contributed by atoms with Gasteiger partial charge in [0.2, 0.25) is 11.8 Å². The molecule has 0 atom stereocenters. The number of rotatable bonds is 4. The summed E-state index contributed by atoms with van der Waals surface area (Å²) in [5.74, 6) is 0.373. The van der Waals surface area contributed by atoms with Gasteiger partial charge in [0, 0.05) is 49.7 Å². The summed E-state index contributed by atoms with van der Waals surface area (Å²) in [5, 5.41) is 6.98. The van der Waals surface area contributed by atoms with Gasteiger partial charge in [-0.2, -0.15) is 0 Å². The number of hydrogen-bond donors (Lipinski definition) is 2. The largest absolute Gasteiger partial charge is 0.346 e. The van der Waals surface area contributed by atoms with Crippen molar-refractivity contribution >= 4 is 47.0 Å². The lowest BCUT2D eigenvalue weighted by molar-refractivity contribution is -0.125. The first kappa shape index (κ1) is 21.5. The second kappa shape index (κ2) is 9.11.